The minimum atomic E-state index is -4.33. The lowest BCUT2D eigenvalue weighted by Gasteiger charge is -2.41. The lowest BCUT2D eigenvalue weighted by molar-refractivity contribution is -0.227. The number of alkyl halides is 3. The molecule has 20 heavy (non-hydrogen) atoms. The summed E-state index contributed by atoms with van der Waals surface area (Å²) in [5.74, 6) is -0.561. The van der Waals surface area contributed by atoms with Crippen molar-refractivity contribution in [2.24, 2.45) is 5.92 Å². The standard InChI is InChI=1S/C15H22F3NO/c1-2-9-14(15(16,17)18)10-6-11-19(14)13(20)12-7-4-3-5-8-12/h3-4,12H,2,5-11H2,1H3/t12-,14+/m0/s1. The molecule has 114 valence electrons. The van der Waals surface area contributed by atoms with Crippen LogP contribution in [-0.2, 0) is 4.79 Å². The van der Waals surface area contributed by atoms with Gasteiger partial charge in [0.15, 0.2) is 0 Å². The molecule has 0 bridgehead atoms. The van der Waals surface area contributed by atoms with Crippen molar-refractivity contribution in [1.82, 2.24) is 4.90 Å². The van der Waals surface area contributed by atoms with Crippen LogP contribution in [-0.4, -0.2) is 29.1 Å². The Hall–Kier alpha value is -1.00. The Morgan fingerprint density at radius 3 is 2.70 bits per heavy atom. The molecule has 2 rings (SSSR count). The molecular weight excluding hydrogens is 267 g/mol. The Balaban J connectivity index is 2.23. The molecule has 0 spiro atoms. The fourth-order valence-corrected chi connectivity index (χ4v) is 3.55. The van der Waals surface area contributed by atoms with Gasteiger partial charge in [0, 0.05) is 12.5 Å². The van der Waals surface area contributed by atoms with Gasteiger partial charge in [-0.1, -0.05) is 25.5 Å². The molecule has 0 radical (unpaired) electrons. The van der Waals surface area contributed by atoms with E-state index in [0.29, 0.717) is 25.7 Å². The highest BCUT2D eigenvalue weighted by Crippen LogP contribution is 2.47. The maximum Gasteiger partial charge on any atom is 0.411 e. The van der Waals surface area contributed by atoms with Gasteiger partial charge in [-0.05, 0) is 38.5 Å². The Morgan fingerprint density at radius 1 is 1.40 bits per heavy atom. The summed E-state index contributed by atoms with van der Waals surface area (Å²) in [5, 5.41) is 0. The molecule has 2 aliphatic rings. The summed E-state index contributed by atoms with van der Waals surface area (Å²) in [6.45, 7) is 2.00. The lowest BCUT2D eigenvalue weighted by Crippen LogP contribution is -2.58. The van der Waals surface area contributed by atoms with Crippen LogP contribution in [0.4, 0.5) is 13.2 Å². The van der Waals surface area contributed by atoms with Crippen molar-refractivity contribution in [2.75, 3.05) is 6.54 Å². The van der Waals surface area contributed by atoms with Gasteiger partial charge in [0.2, 0.25) is 5.91 Å². The Bertz CT molecular complexity index is 391. The van der Waals surface area contributed by atoms with Crippen LogP contribution in [0, 0.1) is 5.92 Å². The normalized spacial score (nSPS) is 30.8. The molecule has 1 heterocycles. The van der Waals surface area contributed by atoms with Gasteiger partial charge in [-0.2, -0.15) is 13.2 Å². The van der Waals surface area contributed by atoms with Crippen LogP contribution in [0.1, 0.15) is 51.9 Å². The van der Waals surface area contributed by atoms with E-state index in [4.69, 9.17) is 0 Å². The summed E-state index contributed by atoms with van der Waals surface area (Å²) >= 11 is 0. The number of likely N-dealkylation sites (tertiary alicyclic amines) is 1. The van der Waals surface area contributed by atoms with Crippen molar-refractivity contribution >= 4 is 5.91 Å². The molecular formula is C15H22F3NO. The summed E-state index contributed by atoms with van der Waals surface area (Å²) < 4.78 is 40.7. The first-order valence-electron chi connectivity index (χ1n) is 7.45. The molecule has 0 aromatic rings. The van der Waals surface area contributed by atoms with Crippen LogP contribution in [0.25, 0.3) is 0 Å². The van der Waals surface area contributed by atoms with E-state index >= 15 is 0 Å². The van der Waals surface area contributed by atoms with E-state index in [1.54, 1.807) is 6.92 Å². The minimum Gasteiger partial charge on any atom is -0.328 e. The minimum absolute atomic E-state index is 0.0187. The largest absolute Gasteiger partial charge is 0.411 e. The number of halogens is 3. The first kappa shape index (κ1) is 15.4. The number of nitrogens with zero attached hydrogens (tertiary/aromatic N) is 1. The average molecular weight is 289 g/mol. The molecule has 1 aliphatic carbocycles. The third-order valence-corrected chi connectivity index (χ3v) is 4.56. The first-order chi connectivity index (χ1) is 9.42. The molecule has 1 fully saturated rings. The Labute approximate surface area is 118 Å². The number of carbonyl (C=O) groups is 1. The number of rotatable bonds is 3. The molecule has 1 amide bonds. The predicted molar refractivity (Wildman–Crippen MR) is 71.1 cm³/mol. The van der Waals surface area contributed by atoms with E-state index in [1.807, 2.05) is 12.2 Å². The smallest absolute Gasteiger partial charge is 0.328 e. The summed E-state index contributed by atoms with van der Waals surface area (Å²) in [4.78, 5) is 13.7. The summed E-state index contributed by atoms with van der Waals surface area (Å²) in [7, 11) is 0. The van der Waals surface area contributed by atoms with Crippen LogP contribution >= 0.6 is 0 Å². The predicted octanol–water partition coefficient (Wildman–Crippen LogP) is 4.07. The number of carbonyl (C=O) groups excluding carboxylic acids is 1. The number of hydrogen-bond acceptors (Lipinski definition) is 1. The molecule has 2 nitrogen and oxygen atoms in total. The van der Waals surface area contributed by atoms with Gasteiger partial charge in [0.1, 0.15) is 5.54 Å². The topological polar surface area (TPSA) is 20.3 Å². The fourth-order valence-electron chi connectivity index (χ4n) is 3.55. The van der Waals surface area contributed by atoms with E-state index in [2.05, 4.69) is 0 Å². The van der Waals surface area contributed by atoms with E-state index < -0.39 is 11.7 Å². The van der Waals surface area contributed by atoms with Crippen molar-refractivity contribution in [1.29, 1.82) is 0 Å². The van der Waals surface area contributed by atoms with Crippen molar-refractivity contribution in [3.63, 3.8) is 0 Å². The molecule has 0 aromatic carbocycles. The van der Waals surface area contributed by atoms with E-state index in [1.165, 1.54) is 0 Å². The van der Waals surface area contributed by atoms with Crippen molar-refractivity contribution in [2.45, 2.75) is 63.6 Å². The number of amides is 1. The van der Waals surface area contributed by atoms with Gasteiger partial charge in [-0.25, -0.2) is 0 Å². The van der Waals surface area contributed by atoms with E-state index in [0.717, 1.165) is 11.3 Å². The van der Waals surface area contributed by atoms with Gasteiger partial charge in [-0.15, -0.1) is 0 Å². The van der Waals surface area contributed by atoms with Gasteiger partial charge in [0.25, 0.3) is 0 Å². The van der Waals surface area contributed by atoms with Crippen LogP contribution < -0.4 is 0 Å². The molecule has 1 aliphatic heterocycles. The van der Waals surface area contributed by atoms with Crippen LogP contribution in [0.15, 0.2) is 12.2 Å². The summed E-state index contributed by atoms with van der Waals surface area (Å²) in [6.07, 6.45) is 2.58. The highest BCUT2D eigenvalue weighted by Gasteiger charge is 2.61. The maximum atomic E-state index is 13.6. The third kappa shape index (κ3) is 2.59. The maximum absolute atomic E-state index is 13.6. The first-order valence-corrected chi connectivity index (χ1v) is 7.45. The monoisotopic (exact) mass is 289 g/mol. The van der Waals surface area contributed by atoms with Crippen molar-refractivity contribution in [3.05, 3.63) is 12.2 Å². The molecule has 2 atom stereocenters. The second-order valence-electron chi connectivity index (χ2n) is 5.85. The van der Waals surface area contributed by atoms with Crippen LogP contribution in [0.5, 0.6) is 0 Å². The zero-order valence-electron chi connectivity index (χ0n) is 11.9. The van der Waals surface area contributed by atoms with E-state index in [9.17, 15) is 18.0 Å². The summed E-state index contributed by atoms with van der Waals surface area (Å²) in [6, 6.07) is 0. The quantitative estimate of drug-likeness (QED) is 0.717. The SMILES string of the molecule is CCC[C@]1(C(F)(F)F)CCCN1C(=O)[C@H]1CC=CCC1. The van der Waals surface area contributed by atoms with Gasteiger partial charge in [-0.3, -0.25) is 4.79 Å². The molecule has 5 heteroatoms. The molecule has 0 aromatic heterocycles. The Morgan fingerprint density at radius 2 is 2.15 bits per heavy atom. The molecule has 1 saturated heterocycles. The summed E-state index contributed by atoms with van der Waals surface area (Å²) in [5.41, 5.74) is -1.92. The molecule has 0 unspecified atom stereocenters. The van der Waals surface area contributed by atoms with Crippen molar-refractivity contribution < 1.29 is 18.0 Å². The number of allylic oxidation sites excluding steroid dienone is 2. The number of hydrogen-bond donors (Lipinski definition) is 0. The average Bonchev–Trinajstić information content (AvgIpc) is 2.84. The zero-order valence-corrected chi connectivity index (χ0v) is 11.9. The van der Waals surface area contributed by atoms with E-state index in [-0.39, 0.29) is 31.2 Å². The fraction of sp³-hybridized carbons (Fsp3) is 0.800. The van der Waals surface area contributed by atoms with Crippen LogP contribution in [0.2, 0.25) is 0 Å². The lowest BCUT2D eigenvalue weighted by atomic mass is 9.87. The van der Waals surface area contributed by atoms with Gasteiger partial charge in [0.05, 0.1) is 0 Å². The van der Waals surface area contributed by atoms with Gasteiger partial charge < -0.3 is 4.90 Å². The molecule has 0 N–H and O–H groups in total. The molecule has 0 saturated carbocycles. The zero-order chi connectivity index (χ0) is 14.8. The highest BCUT2D eigenvalue weighted by atomic mass is 19.4. The highest BCUT2D eigenvalue weighted by molar-refractivity contribution is 5.80. The second-order valence-corrected chi connectivity index (χ2v) is 5.85. The van der Waals surface area contributed by atoms with Gasteiger partial charge >= 0.3 is 6.18 Å². The van der Waals surface area contributed by atoms with Crippen LogP contribution in [0.3, 0.4) is 0 Å². The third-order valence-electron chi connectivity index (χ3n) is 4.56. The second kappa shape index (κ2) is 5.78. The Kier molecular flexibility index (Phi) is 4.45. The van der Waals surface area contributed by atoms with Crippen molar-refractivity contribution in [3.8, 4) is 0 Å².